The summed E-state index contributed by atoms with van der Waals surface area (Å²) in [6.07, 6.45) is 17.3. The summed E-state index contributed by atoms with van der Waals surface area (Å²) < 4.78 is 8.57. The molecule has 15 rings (SSSR count). The third-order valence-corrected chi connectivity index (χ3v) is 23.1. The van der Waals surface area contributed by atoms with Crippen LogP contribution in [-0.4, -0.2) is 46.3 Å². The summed E-state index contributed by atoms with van der Waals surface area (Å²) in [5.41, 5.74) is 23.9. The quantitative estimate of drug-likeness (QED) is 0.0655. The molecule has 0 saturated carbocycles. The molecule has 0 bridgehead atoms. The fourth-order valence-electron chi connectivity index (χ4n) is 14.5. The molecule has 538 valence electrons. The van der Waals surface area contributed by atoms with E-state index in [1.54, 1.807) is 18.3 Å². The van der Waals surface area contributed by atoms with Gasteiger partial charge in [-0.25, -0.2) is 0 Å². The van der Waals surface area contributed by atoms with Crippen LogP contribution in [0.15, 0.2) is 281 Å². The maximum absolute atomic E-state index is 7.16. The zero-order valence-corrected chi connectivity index (χ0v) is 71.7. The molecule has 0 N–H and O–H groups in total. The van der Waals surface area contributed by atoms with Crippen molar-refractivity contribution in [2.75, 3.05) is 0 Å². The largest absolute Gasteiger partial charge is 0.340 e. The van der Waals surface area contributed by atoms with Crippen molar-refractivity contribution in [3.63, 3.8) is 0 Å². The number of imidazole rings is 4. The van der Waals surface area contributed by atoms with Crippen LogP contribution in [0.2, 0.25) is 0 Å². The number of hydrogen-bond acceptors (Lipinski definition) is 4. The van der Waals surface area contributed by atoms with Crippen molar-refractivity contribution in [3.05, 3.63) is 383 Å². The Labute approximate surface area is 680 Å². The molecule has 0 fully saturated rings. The molecule has 0 atom stereocenters. The molecule has 4 heterocycles. The van der Waals surface area contributed by atoms with E-state index in [1.807, 2.05) is 97.9 Å². The Morgan fingerprint density at radius 3 is 0.934 bits per heavy atom. The molecule has 0 aliphatic heterocycles. The average molecular weight is 2110 g/mol. The van der Waals surface area contributed by atoms with Gasteiger partial charge < -0.3 is 18.3 Å². The average Bonchev–Trinajstić information content (AvgIpc) is 0.924. The van der Waals surface area contributed by atoms with E-state index in [-0.39, 0.29) is 80.4 Å². The summed E-state index contributed by atoms with van der Waals surface area (Å²) in [4.78, 5) is 21.8. The number of rotatable bonds is 13. The predicted octanol–water partition coefficient (Wildman–Crippen LogP) is 19.3. The minimum Gasteiger partial charge on any atom is -0.340 e. The van der Waals surface area contributed by atoms with Crippen LogP contribution in [0, 0.1) is 107 Å². The Morgan fingerprint density at radius 1 is 0.330 bits per heavy atom. The molecular weight excluding hydrogens is 2030 g/mol. The molecular formula is C92H81Ir4N9Si-4. The molecule has 11 aromatic carbocycles. The van der Waals surface area contributed by atoms with Gasteiger partial charge in [0, 0.05) is 153 Å². The zero-order chi connectivity index (χ0) is 71.4. The van der Waals surface area contributed by atoms with Crippen LogP contribution in [0.1, 0.15) is 66.8 Å². The van der Waals surface area contributed by atoms with Crippen molar-refractivity contribution < 1.29 is 80.4 Å². The van der Waals surface area contributed by atoms with Gasteiger partial charge in [0.05, 0.1) is 29.9 Å². The normalized spacial score (nSPS) is 10.5. The molecule has 0 amide bonds. The summed E-state index contributed by atoms with van der Waals surface area (Å²) in [6, 6.07) is 91.7. The molecule has 4 aromatic heterocycles. The van der Waals surface area contributed by atoms with Gasteiger partial charge >= 0.3 is 0 Å². The predicted molar refractivity (Wildman–Crippen MR) is 423 cm³/mol. The van der Waals surface area contributed by atoms with Crippen LogP contribution in [0.3, 0.4) is 0 Å². The van der Waals surface area contributed by atoms with Crippen LogP contribution in [-0.2, 0) is 80.4 Å². The number of benzene rings is 11. The van der Waals surface area contributed by atoms with E-state index in [0.29, 0.717) is 5.69 Å². The fourth-order valence-corrected chi connectivity index (χ4v) is 19.3. The molecule has 15 aromatic rings. The molecule has 9 nitrogen and oxygen atoms in total. The number of aryl methyl sites for hydroxylation is 11. The van der Waals surface area contributed by atoms with Gasteiger partial charge in [-0.1, -0.05) is 157 Å². The summed E-state index contributed by atoms with van der Waals surface area (Å²) in [7, 11) is -2.63. The second kappa shape index (κ2) is 37.5. The van der Waals surface area contributed by atoms with Gasteiger partial charge in [0.2, 0.25) is 0 Å². The SMILES string of the molecule is C=Cc1cc(C)c(-n2ccnc2-c2[c-]cccc2)c(C)c1.Cc1cc(C)c(-n2ccnc2-c2[c-]ccc([Si](c3ccccc3)(c3ccccc3)c3ccccc3)c2)c(C)c1.Cc1cc(C)c(-n2ccnc2-c2[c-]cccc2)c(C)c1.[C-]#[N+]c1cc[c-]c(-c2nccn2-c2c(C)cc(C)cc2C)c1.[Ir].[Ir].[Ir].[Ir]. The van der Waals surface area contributed by atoms with E-state index in [9.17, 15) is 0 Å². The van der Waals surface area contributed by atoms with Crippen molar-refractivity contribution in [2.24, 2.45) is 0 Å². The Balaban J connectivity index is 0.000000184. The minimum absolute atomic E-state index is 0. The first-order chi connectivity index (χ1) is 49.5. The van der Waals surface area contributed by atoms with Gasteiger partial charge in [-0.05, 0) is 154 Å². The maximum Gasteiger partial charge on any atom is 0.161 e. The van der Waals surface area contributed by atoms with Crippen molar-refractivity contribution in [3.8, 4) is 68.3 Å². The summed E-state index contributed by atoms with van der Waals surface area (Å²) in [5, 5.41) is 5.38. The Morgan fingerprint density at radius 2 is 0.623 bits per heavy atom. The zero-order valence-electron chi connectivity index (χ0n) is 61.1. The smallest absolute Gasteiger partial charge is 0.161 e. The summed E-state index contributed by atoms with van der Waals surface area (Å²) in [5.74, 6) is 3.55. The van der Waals surface area contributed by atoms with E-state index in [2.05, 4.69) is 309 Å². The molecule has 106 heavy (non-hydrogen) atoms. The van der Waals surface area contributed by atoms with E-state index in [4.69, 9.17) is 11.6 Å². The second-order valence-corrected chi connectivity index (χ2v) is 29.7. The fraction of sp³-hybridized carbons (Fsp3) is 0.120. The minimum atomic E-state index is -2.63. The molecule has 4 radical (unpaired) electrons. The molecule has 0 spiro atoms. The van der Waals surface area contributed by atoms with E-state index in [0.717, 1.165) is 56.8 Å². The van der Waals surface area contributed by atoms with Crippen LogP contribution < -0.4 is 20.7 Å². The van der Waals surface area contributed by atoms with Crippen LogP contribution >= 0.6 is 0 Å². The Kier molecular flexibility index (Phi) is 29.0. The summed E-state index contributed by atoms with van der Waals surface area (Å²) >= 11 is 0. The van der Waals surface area contributed by atoms with E-state index in [1.165, 1.54) is 99.0 Å². The van der Waals surface area contributed by atoms with Crippen molar-refractivity contribution in [2.45, 2.75) is 76.2 Å². The first kappa shape index (κ1) is 82.0. The molecule has 0 saturated heterocycles. The number of nitrogens with zero attached hydrogens (tertiary/aromatic N) is 9. The number of aromatic nitrogens is 8. The molecule has 0 aliphatic rings. The topological polar surface area (TPSA) is 75.6 Å². The Hall–Kier alpha value is -9.70. The first-order valence-electron chi connectivity index (χ1n) is 34.2. The first-order valence-corrected chi connectivity index (χ1v) is 36.2. The van der Waals surface area contributed by atoms with Crippen LogP contribution in [0.25, 0.3) is 79.2 Å². The van der Waals surface area contributed by atoms with Crippen LogP contribution in [0.5, 0.6) is 0 Å². The summed E-state index contributed by atoms with van der Waals surface area (Å²) in [6.45, 7) is 34.5. The van der Waals surface area contributed by atoms with Gasteiger partial charge in [0.1, 0.15) is 5.69 Å². The molecule has 0 unspecified atom stereocenters. The third kappa shape index (κ3) is 17.9. The Bertz CT molecular complexity index is 5280. The third-order valence-electron chi connectivity index (χ3n) is 18.3. The van der Waals surface area contributed by atoms with E-state index >= 15 is 0 Å². The van der Waals surface area contributed by atoms with Gasteiger partial charge in [-0.3, -0.25) is 24.8 Å². The maximum atomic E-state index is 7.16. The van der Waals surface area contributed by atoms with Gasteiger partial charge in [-0.15, -0.1) is 131 Å². The second-order valence-electron chi connectivity index (χ2n) is 25.9. The monoisotopic (exact) mass is 2110 g/mol. The standard InChI is InChI=1S/C36H31N2Si.C19H16N3.C19H17N2.C18H17N2.4Ir/c1-27-24-28(2)35(29(3)25-27)38-23-22-37-36(38)30-14-13-21-34(26-30)39(31-15-7-4-8-16-31,32-17-9-5-10-18-32)33-19-11-6-12-20-33;1-13-10-14(2)18(15(3)11-13)22-9-8-21-19(22)16-6-5-7-17(12-16)20-4;1-4-16-12-14(2)18(15(3)13-16)21-11-10-20-19(21)17-8-6-5-7-9-17;1-13-11-14(2)17(15(3)12-13)20-10-9-19-18(20)16-7-5-4-6-8-16;;;;/h4-13,15-26H,1-3H3;5,7-12H,1-3H3;4-8,10-13H,1H2,2-3H3;4-7,9-12H,1-3H3;;;;/q4*-1;;;;. The van der Waals surface area contributed by atoms with Gasteiger partial charge in [0.15, 0.2) is 8.07 Å². The van der Waals surface area contributed by atoms with Crippen molar-refractivity contribution >= 4 is 40.6 Å². The van der Waals surface area contributed by atoms with E-state index < -0.39 is 8.07 Å². The molecule has 14 heteroatoms. The van der Waals surface area contributed by atoms with Gasteiger partial charge in [-0.2, -0.15) is 6.07 Å². The van der Waals surface area contributed by atoms with Crippen molar-refractivity contribution in [1.82, 2.24) is 38.2 Å². The van der Waals surface area contributed by atoms with Crippen LogP contribution in [0.4, 0.5) is 5.69 Å². The van der Waals surface area contributed by atoms with Crippen molar-refractivity contribution in [1.29, 1.82) is 0 Å². The molecule has 0 aliphatic carbocycles. The van der Waals surface area contributed by atoms with Gasteiger partial charge in [0.25, 0.3) is 0 Å². The number of hydrogen-bond donors (Lipinski definition) is 0.